The Morgan fingerprint density at radius 1 is 0.903 bits per heavy atom. The summed E-state index contributed by atoms with van der Waals surface area (Å²) in [5, 5.41) is 17.1. The van der Waals surface area contributed by atoms with E-state index in [1.165, 1.54) is 30.3 Å². The minimum atomic E-state index is -0.619. The molecule has 1 aromatic heterocycles. The molecule has 0 radical (unpaired) electrons. The quantitative estimate of drug-likeness (QED) is 0.317. The number of nitrogens with zero attached hydrogens (tertiary/aromatic N) is 1. The first-order chi connectivity index (χ1) is 14.9. The van der Waals surface area contributed by atoms with Crippen molar-refractivity contribution < 1.29 is 18.9 Å². The van der Waals surface area contributed by atoms with Gasteiger partial charge in [0.25, 0.3) is 17.5 Å². The lowest BCUT2D eigenvalue weighted by Crippen LogP contribution is -2.17. The first kappa shape index (κ1) is 20.1. The predicted octanol–water partition coefficient (Wildman–Crippen LogP) is 5.50. The van der Waals surface area contributed by atoms with Crippen LogP contribution in [0.5, 0.6) is 0 Å². The number of nitro groups is 1. The molecule has 1 heterocycles. The van der Waals surface area contributed by atoms with Crippen LogP contribution in [0.15, 0.2) is 77.2 Å². The number of hydrogen-bond donors (Lipinski definition) is 2. The fourth-order valence-corrected chi connectivity index (χ4v) is 3.19. The topological polar surface area (TPSA) is 114 Å². The number of carbonyl (C=O) groups is 2. The Labute approximate surface area is 180 Å². The molecule has 0 spiro atoms. The van der Waals surface area contributed by atoms with Gasteiger partial charge in [-0.15, -0.1) is 0 Å². The fraction of sp³-hybridized carbons (Fsp3) is 0. The van der Waals surface area contributed by atoms with Crippen LogP contribution in [0.4, 0.5) is 17.1 Å². The number of nitro benzene ring substituents is 1. The predicted molar refractivity (Wildman–Crippen MR) is 117 cm³/mol. The van der Waals surface area contributed by atoms with E-state index in [9.17, 15) is 19.7 Å². The summed E-state index contributed by atoms with van der Waals surface area (Å²) in [6, 6.07) is 18.6. The van der Waals surface area contributed by atoms with E-state index < -0.39 is 16.7 Å². The molecule has 0 atom stereocenters. The van der Waals surface area contributed by atoms with E-state index in [4.69, 9.17) is 16.0 Å². The Balaban J connectivity index is 1.66. The third-order valence-electron chi connectivity index (χ3n) is 4.46. The number of fused-ring (bicyclic) bond motifs is 1. The number of non-ortho nitro benzene ring substituents is 1. The molecule has 0 aliphatic carbocycles. The van der Waals surface area contributed by atoms with Gasteiger partial charge in [-0.25, -0.2) is 0 Å². The normalized spacial score (nSPS) is 10.6. The molecule has 0 aliphatic rings. The molecule has 8 nitrogen and oxygen atoms in total. The summed E-state index contributed by atoms with van der Waals surface area (Å²) in [6.07, 6.45) is 0. The van der Waals surface area contributed by atoms with Gasteiger partial charge in [-0.05, 0) is 42.5 Å². The lowest BCUT2D eigenvalue weighted by Gasteiger charge is -2.08. The van der Waals surface area contributed by atoms with E-state index in [0.717, 1.165) is 0 Å². The molecule has 31 heavy (non-hydrogen) atoms. The Morgan fingerprint density at radius 2 is 1.65 bits per heavy atom. The Kier molecular flexibility index (Phi) is 5.38. The van der Waals surface area contributed by atoms with Crippen LogP contribution in [0.3, 0.4) is 0 Å². The molecule has 0 bridgehead atoms. The Morgan fingerprint density at radius 3 is 2.35 bits per heavy atom. The molecule has 0 saturated carbocycles. The highest BCUT2D eigenvalue weighted by molar-refractivity contribution is 6.31. The standard InChI is InChI=1S/C22H14ClN3O5/c23-14-5-3-4-13(12-14)21(27)25-19-17-6-1-2-7-18(17)31-20(19)22(28)24-15-8-10-16(11-9-15)26(29)30/h1-12H,(H,24,28)(H,25,27). The lowest BCUT2D eigenvalue weighted by molar-refractivity contribution is -0.384. The van der Waals surface area contributed by atoms with Crippen molar-refractivity contribution in [2.45, 2.75) is 0 Å². The summed E-state index contributed by atoms with van der Waals surface area (Å²) in [6.45, 7) is 0. The van der Waals surface area contributed by atoms with Crippen molar-refractivity contribution in [2.24, 2.45) is 0 Å². The second-order valence-corrected chi connectivity index (χ2v) is 6.96. The maximum Gasteiger partial charge on any atom is 0.293 e. The number of amides is 2. The maximum atomic E-state index is 12.9. The lowest BCUT2D eigenvalue weighted by atomic mass is 10.1. The summed E-state index contributed by atoms with van der Waals surface area (Å²) >= 11 is 5.96. The summed E-state index contributed by atoms with van der Waals surface area (Å²) in [5.41, 5.74) is 1.18. The van der Waals surface area contributed by atoms with Crippen LogP contribution in [-0.4, -0.2) is 16.7 Å². The van der Waals surface area contributed by atoms with Gasteiger partial charge in [0.1, 0.15) is 11.3 Å². The number of carbonyl (C=O) groups excluding carboxylic acids is 2. The number of furan rings is 1. The summed E-state index contributed by atoms with van der Waals surface area (Å²) < 4.78 is 5.69. The zero-order chi connectivity index (χ0) is 22.0. The molecule has 0 saturated heterocycles. The van der Waals surface area contributed by atoms with Gasteiger partial charge in [-0.1, -0.05) is 29.8 Å². The number of hydrogen-bond acceptors (Lipinski definition) is 5. The molecule has 0 unspecified atom stereocenters. The molecule has 4 rings (SSSR count). The largest absolute Gasteiger partial charge is 0.449 e. The summed E-state index contributed by atoms with van der Waals surface area (Å²) in [5.74, 6) is -1.18. The highest BCUT2D eigenvalue weighted by atomic mass is 35.5. The number of nitrogens with one attached hydrogen (secondary N) is 2. The number of benzene rings is 3. The number of anilines is 2. The number of rotatable bonds is 5. The van der Waals surface area contributed by atoms with Crippen molar-refractivity contribution in [1.29, 1.82) is 0 Å². The molecule has 154 valence electrons. The minimum Gasteiger partial charge on any atom is -0.449 e. The van der Waals surface area contributed by atoms with Gasteiger partial charge < -0.3 is 15.1 Å². The van der Waals surface area contributed by atoms with Crippen LogP contribution in [-0.2, 0) is 0 Å². The van der Waals surface area contributed by atoms with Crippen molar-refractivity contribution >= 4 is 51.4 Å². The summed E-state index contributed by atoms with van der Waals surface area (Å²) in [4.78, 5) is 35.9. The Hall–Kier alpha value is -4.17. The van der Waals surface area contributed by atoms with Gasteiger partial charge in [-0.3, -0.25) is 19.7 Å². The van der Waals surface area contributed by atoms with Crippen molar-refractivity contribution in [3.05, 3.63) is 99.3 Å². The van der Waals surface area contributed by atoms with E-state index in [0.29, 0.717) is 27.2 Å². The first-order valence-electron chi connectivity index (χ1n) is 9.06. The van der Waals surface area contributed by atoms with Gasteiger partial charge in [0.15, 0.2) is 0 Å². The van der Waals surface area contributed by atoms with Crippen LogP contribution in [0.25, 0.3) is 11.0 Å². The molecular formula is C22H14ClN3O5. The van der Waals surface area contributed by atoms with Crippen LogP contribution in [0, 0.1) is 10.1 Å². The molecule has 2 amide bonds. The number of halogens is 1. The molecular weight excluding hydrogens is 422 g/mol. The van der Waals surface area contributed by atoms with Gasteiger partial charge in [0.2, 0.25) is 5.76 Å². The van der Waals surface area contributed by atoms with Crippen LogP contribution < -0.4 is 10.6 Å². The van der Waals surface area contributed by atoms with E-state index in [1.807, 2.05) is 0 Å². The maximum absolute atomic E-state index is 12.9. The highest BCUT2D eigenvalue weighted by Gasteiger charge is 2.23. The first-order valence-corrected chi connectivity index (χ1v) is 9.44. The fourth-order valence-electron chi connectivity index (χ4n) is 3.00. The van der Waals surface area contributed by atoms with Crippen molar-refractivity contribution in [3.63, 3.8) is 0 Å². The molecule has 0 aliphatic heterocycles. The third-order valence-corrected chi connectivity index (χ3v) is 4.70. The SMILES string of the molecule is O=C(Nc1c(C(=O)Nc2ccc([N+](=O)[O-])cc2)oc2ccccc12)c1cccc(Cl)c1. The van der Waals surface area contributed by atoms with E-state index in [-0.39, 0.29) is 17.1 Å². The van der Waals surface area contributed by atoms with Gasteiger partial charge in [0, 0.05) is 33.8 Å². The highest BCUT2D eigenvalue weighted by Crippen LogP contribution is 2.32. The summed E-state index contributed by atoms with van der Waals surface area (Å²) in [7, 11) is 0. The molecule has 9 heteroatoms. The third kappa shape index (κ3) is 4.24. The van der Waals surface area contributed by atoms with Crippen LogP contribution in [0.1, 0.15) is 20.9 Å². The van der Waals surface area contributed by atoms with Crippen molar-refractivity contribution in [1.82, 2.24) is 0 Å². The van der Waals surface area contributed by atoms with Gasteiger partial charge >= 0.3 is 0 Å². The van der Waals surface area contributed by atoms with Crippen molar-refractivity contribution in [2.75, 3.05) is 10.6 Å². The molecule has 3 aromatic carbocycles. The van der Waals surface area contributed by atoms with Gasteiger partial charge in [0.05, 0.1) is 4.92 Å². The van der Waals surface area contributed by atoms with Crippen LogP contribution >= 0.6 is 11.6 Å². The van der Waals surface area contributed by atoms with Crippen LogP contribution in [0.2, 0.25) is 5.02 Å². The number of para-hydroxylation sites is 1. The minimum absolute atomic E-state index is 0.101. The average Bonchev–Trinajstić information content (AvgIpc) is 3.13. The second kappa shape index (κ2) is 8.29. The zero-order valence-electron chi connectivity index (χ0n) is 15.8. The smallest absolute Gasteiger partial charge is 0.293 e. The average molecular weight is 436 g/mol. The van der Waals surface area contributed by atoms with Crippen molar-refractivity contribution in [3.8, 4) is 0 Å². The zero-order valence-corrected chi connectivity index (χ0v) is 16.6. The molecule has 0 fully saturated rings. The van der Waals surface area contributed by atoms with E-state index in [2.05, 4.69) is 10.6 Å². The molecule has 2 N–H and O–H groups in total. The monoisotopic (exact) mass is 435 g/mol. The van der Waals surface area contributed by atoms with Gasteiger partial charge in [-0.2, -0.15) is 0 Å². The van der Waals surface area contributed by atoms with E-state index in [1.54, 1.807) is 42.5 Å². The van der Waals surface area contributed by atoms with E-state index >= 15 is 0 Å². The molecule has 4 aromatic rings. The second-order valence-electron chi connectivity index (χ2n) is 6.52. The Bertz CT molecular complexity index is 1310.